The summed E-state index contributed by atoms with van der Waals surface area (Å²) < 4.78 is 69.4. The zero-order valence-corrected chi connectivity index (χ0v) is 27.8. The molecule has 1 heterocycles. The van der Waals surface area contributed by atoms with Crippen molar-refractivity contribution in [3.8, 4) is 12.3 Å². The number of β-amino-alcohol motifs (C(OH)–C–C–N with tert-alkyl or cyclic N) is 1. The van der Waals surface area contributed by atoms with E-state index in [0.717, 1.165) is 50.7 Å². The molecule has 4 saturated carbocycles. The Labute approximate surface area is 266 Å². The Balaban J connectivity index is 1.14. The largest absolute Gasteiger partial charge is 0.417 e. The monoisotopic (exact) mass is 650 g/mol. The number of halogens is 3. The minimum absolute atomic E-state index is 0.0564. The molecule has 2 unspecified atom stereocenters. The van der Waals surface area contributed by atoms with Gasteiger partial charge in [0, 0.05) is 37.1 Å². The molecule has 1 aromatic rings. The van der Waals surface area contributed by atoms with Gasteiger partial charge >= 0.3 is 6.18 Å². The second-order valence-corrected chi connectivity index (χ2v) is 17.6. The van der Waals surface area contributed by atoms with Crippen LogP contribution in [0, 0.1) is 46.8 Å². The Morgan fingerprint density at radius 3 is 2.33 bits per heavy atom. The van der Waals surface area contributed by atoms with Gasteiger partial charge in [-0.25, -0.2) is 8.42 Å². The fourth-order valence-electron chi connectivity index (χ4n) is 10.9. The molecule has 5 aliphatic rings. The van der Waals surface area contributed by atoms with E-state index in [2.05, 4.69) is 24.7 Å². The summed E-state index contributed by atoms with van der Waals surface area (Å²) in [6, 6.07) is 3.55. The van der Waals surface area contributed by atoms with Crippen molar-refractivity contribution in [3.63, 3.8) is 0 Å². The van der Waals surface area contributed by atoms with Crippen LogP contribution in [-0.2, 0) is 16.2 Å². The lowest BCUT2D eigenvalue weighted by Crippen LogP contribution is -2.63. The van der Waals surface area contributed by atoms with Crippen LogP contribution < -0.4 is 0 Å². The molecule has 45 heavy (non-hydrogen) atoms. The zero-order valence-electron chi connectivity index (χ0n) is 27.0. The predicted octanol–water partition coefficient (Wildman–Crippen LogP) is 5.93. The van der Waals surface area contributed by atoms with E-state index in [9.17, 15) is 31.8 Å². The third-order valence-electron chi connectivity index (χ3n) is 13.5. The molecule has 2 N–H and O–H groups in total. The molecule has 6 nitrogen and oxygen atoms in total. The number of hydrogen-bond donors (Lipinski definition) is 2. The van der Waals surface area contributed by atoms with E-state index in [1.807, 2.05) is 6.92 Å². The molecule has 0 spiro atoms. The predicted molar refractivity (Wildman–Crippen MR) is 166 cm³/mol. The van der Waals surface area contributed by atoms with E-state index < -0.39 is 43.9 Å². The van der Waals surface area contributed by atoms with Gasteiger partial charge in [0.05, 0.1) is 16.1 Å². The van der Waals surface area contributed by atoms with Gasteiger partial charge in [-0.3, -0.25) is 4.90 Å². The van der Waals surface area contributed by atoms with Crippen molar-refractivity contribution in [1.82, 2.24) is 9.21 Å². The fraction of sp³-hybridized carbons (Fsp3) is 0.771. The van der Waals surface area contributed by atoms with Crippen LogP contribution in [0.15, 0.2) is 29.2 Å². The molecule has 10 heteroatoms. The topological polar surface area (TPSA) is 81.1 Å². The van der Waals surface area contributed by atoms with Crippen LogP contribution in [0.4, 0.5) is 13.2 Å². The van der Waals surface area contributed by atoms with Crippen LogP contribution in [0.1, 0.15) is 91.0 Å². The van der Waals surface area contributed by atoms with E-state index in [4.69, 9.17) is 6.42 Å². The van der Waals surface area contributed by atoms with E-state index >= 15 is 0 Å². The van der Waals surface area contributed by atoms with Gasteiger partial charge in [-0.2, -0.15) is 17.5 Å². The molecule has 0 bridgehead atoms. The van der Waals surface area contributed by atoms with Crippen LogP contribution in [0.5, 0.6) is 0 Å². The number of nitrogens with zero attached hydrogens (tertiary/aromatic N) is 2. The average Bonchev–Trinajstić information content (AvgIpc) is 3.25. The molecule has 6 rings (SSSR count). The highest BCUT2D eigenvalue weighted by atomic mass is 32.2. The highest BCUT2D eigenvalue weighted by molar-refractivity contribution is 7.89. The summed E-state index contributed by atoms with van der Waals surface area (Å²) in [7, 11) is -4.39. The number of rotatable bonds is 4. The Hall–Kier alpha value is -1.64. The van der Waals surface area contributed by atoms with Crippen molar-refractivity contribution in [2.75, 3.05) is 19.6 Å². The standard InChI is InChI=1S/C35H49F3N2O4S/c1-6-34(42)16-14-28-26-12-11-25-19-33(41,18-17-31(25,4)27(26)13-15-32(28,34)5)22-39-20-24(3)40(21-23(39)2)45(43,44)30-10-8-7-9-29(30)35(36,37)38/h1,7-10,23-28,41-42H,11-22H2,2-5H3/t23?,24?,25-,26+,27-,28-,31-,32-,33+,34-/m0/s1. The summed E-state index contributed by atoms with van der Waals surface area (Å²) >= 11 is 0. The van der Waals surface area contributed by atoms with Crippen molar-refractivity contribution >= 4 is 10.0 Å². The number of fused-ring (bicyclic) bond motifs is 5. The van der Waals surface area contributed by atoms with Gasteiger partial charge in [-0.05, 0) is 113 Å². The lowest BCUT2D eigenvalue weighted by molar-refractivity contribution is -0.167. The number of terminal acetylenes is 1. The van der Waals surface area contributed by atoms with Gasteiger partial charge in [-0.15, -0.1) is 6.42 Å². The van der Waals surface area contributed by atoms with Gasteiger partial charge in [0.25, 0.3) is 0 Å². The maximum Gasteiger partial charge on any atom is 0.417 e. The smallest absolute Gasteiger partial charge is 0.389 e. The summed E-state index contributed by atoms with van der Waals surface area (Å²) in [5, 5.41) is 23.4. The molecule has 1 aromatic carbocycles. The maximum absolute atomic E-state index is 13.7. The molecule has 0 amide bonds. The van der Waals surface area contributed by atoms with E-state index in [1.54, 1.807) is 6.92 Å². The van der Waals surface area contributed by atoms with Gasteiger partial charge in [-0.1, -0.05) is 31.9 Å². The average molecular weight is 651 g/mol. The molecule has 4 aliphatic carbocycles. The van der Waals surface area contributed by atoms with Crippen LogP contribution in [0.25, 0.3) is 0 Å². The summed E-state index contributed by atoms with van der Waals surface area (Å²) in [6.07, 6.45) is 9.12. The normalized spacial score (nSPS) is 44.4. The van der Waals surface area contributed by atoms with Crippen LogP contribution in [0.2, 0.25) is 0 Å². The zero-order chi connectivity index (χ0) is 32.8. The summed E-state index contributed by atoms with van der Waals surface area (Å²) in [5.41, 5.74) is -3.20. The van der Waals surface area contributed by atoms with Crippen LogP contribution in [-0.4, -0.2) is 70.8 Å². The Bertz CT molecular complexity index is 1460. The van der Waals surface area contributed by atoms with Crippen LogP contribution >= 0.6 is 0 Å². The van der Waals surface area contributed by atoms with Crippen molar-refractivity contribution in [2.45, 2.75) is 120 Å². The van der Waals surface area contributed by atoms with Crippen molar-refractivity contribution in [2.24, 2.45) is 34.5 Å². The second-order valence-electron chi connectivity index (χ2n) is 15.8. The fourth-order valence-corrected chi connectivity index (χ4v) is 12.8. The summed E-state index contributed by atoms with van der Waals surface area (Å²) in [5.74, 6) is 4.65. The lowest BCUT2D eigenvalue weighted by atomic mass is 9.43. The molecular formula is C35H49F3N2O4S. The van der Waals surface area contributed by atoms with Gasteiger partial charge in [0.2, 0.25) is 10.0 Å². The van der Waals surface area contributed by atoms with E-state index in [0.29, 0.717) is 56.0 Å². The number of piperazine rings is 1. The first-order valence-corrected chi connectivity index (χ1v) is 18.2. The summed E-state index contributed by atoms with van der Waals surface area (Å²) in [6.45, 7) is 9.06. The van der Waals surface area contributed by atoms with E-state index in [-0.39, 0.29) is 23.4 Å². The molecule has 0 aromatic heterocycles. The number of aliphatic hydroxyl groups is 2. The molecule has 0 radical (unpaired) electrons. The third kappa shape index (κ3) is 5.18. The molecular weight excluding hydrogens is 601 g/mol. The highest BCUT2D eigenvalue weighted by Gasteiger charge is 2.65. The minimum Gasteiger partial charge on any atom is -0.389 e. The van der Waals surface area contributed by atoms with Crippen molar-refractivity contribution < 1.29 is 31.8 Å². The third-order valence-corrected chi connectivity index (χ3v) is 15.6. The number of hydrogen-bond acceptors (Lipinski definition) is 5. The first-order valence-electron chi connectivity index (χ1n) is 16.7. The molecule has 10 atom stereocenters. The minimum atomic E-state index is -4.78. The molecule has 250 valence electrons. The molecule has 5 fully saturated rings. The van der Waals surface area contributed by atoms with Gasteiger partial charge < -0.3 is 10.2 Å². The number of benzene rings is 1. The first-order chi connectivity index (χ1) is 20.9. The van der Waals surface area contributed by atoms with Crippen molar-refractivity contribution in [1.29, 1.82) is 0 Å². The maximum atomic E-state index is 13.7. The quantitative estimate of drug-likeness (QED) is 0.396. The summed E-state index contributed by atoms with van der Waals surface area (Å²) in [4.78, 5) is 1.42. The first kappa shape index (κ1) is 33.3. The van der Waals surface area contributed by atoms with Crippen LogP contribution in [0.3, 0.4) is 0 Å². The van der Waals surface area contributed by atoms with Gasteiger partial charge in [0.15, 0.2) is 0 Å². The second kappa shape index (κ2) is 10.9. The Morgan fingerprint density at radius 2 is 1.64 bits per heavy atom. The van der Waals surface area contributed by atoms with E-state index in [1.165, 1.54) is 16.4 Å². The number of alkyl halides is 3. The molecule has 1 saturated heterocycles. The number of sulfonamides is 1. The SMILES string of the molecule is C#C[C@]1(O)CC[C@H]2[C@@H]3CC[C@H]4C[C@@](O)(CN5CC(C)N(S(=O)(=O)c6ccccc6C(F)(F)F)CC5C)CC[C@]4(C)[C@H]3CC[C@@]21C. The Kier molecular flexibility index (Phi) is 8.09. The highest BCUT2D eigenvalue weighted by Crippen LogP contribution is 2.68. The Morgan fingerprint density at radius 1 is 0.956 bits per heavy atom. The lowest BCUT2D eigenvalue weighted by Gasteiger charge is -2.62. The van der Waals surface area contributed by atoms with Crippen molar-refractivity contribution in [3.05, 3.63) is 29.8 Å². The molecule has 1 aliphatic heterocycles. The van der Waals surface area contributed by atoms with Gasteiger partial charge in [0.1, 0.15) is 5.60 Å².